The summed E-state index contributed by atoms with van der Waals surface area (Å²) in [4.78, 5) is 57.6. The maximum atomic E-state index is 12.4. The molecular formula is C23H20N2O8S. The molecule has 34 heavy (non-hydrogen) atoms. The molecular weight excluding hydrogens is 464 g/mol. The number of rotatable bonds is 10. The van der Waals surface area contributed by atoms with Crippen molar-refractivity contribution in [3.63, 3.8) is 0 Å². The Labute approximate surface area is 198 Å². The molecule has 1 heterocycles. The van der Waals surface area contributed by atoms with Crippen molar-refractivity contribution in [3.05, 3.63) is 70.1 Å². The molecule has 1 saturated heterocycles. The van der Waals surface area contributed by atoms with Gasteiger partial charge in [0, 0.05) is 12.0 Å². The van der Waals surface area contributed by atoms with Gasteiger partial charge >= 0.3 is 11.9 Å². The number of thioether (sulfide) groups is 1. The third-order valence-corrected chi connectivity index (χ3v) is 5.48. The molecule has 0 saturated carbocycles. The third kappa shape index (κ3) is 6.94. The summed E-state index contributed by atoms with van der Waals surface area (Å²) in [6.45, 7) is 0.135. The second-order valence-electron chi connectivity index (χ2n) is 7.21. The molecule has 1 aliphatic rings. The molecule has 0 bridgehead atoms. The average molecular weight is 484 g/mol. The van der Waals surface area contributed by atoms with E-state index in [1.165, 1.54) is 6.07 Å². The van der Waals surface area contributed by atoms with E-state index >= 15 is 0 Å². The number of nitrogens with one attached hydrogen (secondary N) is 2. The van der Waals surface area contributed by atoms with Crippen LogP contribution in [0.4, 0.5) is 4.79 Å². The Morgan fingerprint density at radius 2 is 1.82 bits per heavy atom. The van der Waals surface area contributed by atoms with Crippen LogP contribution in [0.2, 0.25) is 0 Å². The van der Waals surface area contributed by atoms with Gasteiger partial charge in [0.15, 0.2) is 0 Å². The van der Waals surface area contributed by atoms with Crippen molar-refractivity contribution in [2.45, 2.75) is 25.5 Å². The van der Waals surface area contributed by atoms with Crippen LogP contribution in [0, 0.1) is 0 Å². The van der Waals surface area contributed by atoms with E-state index < -0.39 is 35.0 Å². The normalized spacial score (nSPS) is 15.0. The fourth-order valence-corrected chi connectivity index (χ4v) is 3.65. The van der Waals surface area contributed by atoms with Gasteiger partial charge in [-0.25, -0.2) is 4.79 Å². The molecule has 1 atom stereocenters. The lowest BCUT2D eigenvalue weighted by molar-refractivity contribution is -0.140. The number of carboxylic acid groups (broad SMARTS) is 2. The minimum atomic E-state index is -1.32. The van der Waals surface area contributed by atoms with E-state index in [4.69, 9.17) is 9.84 Å². The molecule has 1 aliphatic heterocycles. The second-order valence-corrected chi connectivity index (χ2v) is 8.22. The standard InChI is InChI=1S/C23H20N2O8S/c26-19(27)9-8-17(22(30)31)24-20(28)15-3-1-2-14(10-15)12-33-16-6-4-13(5-7-16)11-18-21(29)25-23(32)34-18/h1-7,10-11,17H,8-9,12H2,(H,24,28)(H,26,27)(H,30,31)(H,25,29,32)/b18-11-/t17-/m1/s1. The number of carboxylic acids is 2. The minimum Gasteiger partial charge on any atom is -0.489 e. The zero-order chi connectivity index (χ0) is 24.7. The van der Waals surface area contributed by atoms with Gasteiger partial charge < -0.3 is 20.3 Å². The molecule has 0 aromatic heterocycles. The first-order valence-electron chi connectivity index (χ1n) is 10.0. The maximum Gasteiger partial charge on any atom is 0.326 e. The summed E-state index contributed by atoms with van der Waals surface area (Å²) in [6.07, 6.45) is 0.981. The molecule has 11 heteroatoms. The lowest BCUT2D eigenvalue weighted by atomic mass is 10.1. The van der Waals surface area contributed by atoms with Crippen molar-refractivity contribution < 1.29 is 38.9 Å². The SMILES string of the molecule is O=C(O)CC[C@@H](NC(=O)c1cccc(COc2ccc(/C=C3\SC(=O)NC3=O)cc2)c1)C(=O)O. The van der Waals surface area contributed by atoms with Crippen LogP contribution >= 0.6 is 11.8 Å². The van der Waals surface area contributed by atoms with Crippen molar-refractivity contribution in [1.82, 2.24) is 10.6 Å². The lowest BCUT2D eigenvalue weighted by Crippen LogP contribution is -2.41. The Bertz CT molecular complexity index is 1160. The highest BCUT2D eigenvalue weighted by molar-refractivity contribution is 8.18. The average Bonchev–Trinajstić information content (AvgIpc) is 3.12. The van der Waals surface area contributed by atoms with Gasteiger partial charge in [-0.15, -0.1) is 0 Å². The van der Waals surface area contributed by atoms with E-state index in [1.54, 1.807) is 48.5 Å². The molecule has 176 valence electrons. The highest BCUT2D eigenvalue weighted by Gasteiger charge is 2.25. The molecule has 2 aromatic rings. The van der Waals surface area contributed by atoms with Crippen molar-refractivity contribution in [3.8, 4) is 5.75 Å². The van der Waals surface area contributed by atoms with Crippen LogP contribution in [-0.2, 0) is 21.0 Å². The van der Waals surface area contributed by atoms with Crippen molar-refractivity contribution in [1.29, 1.82) is 0 Å². The molecule has 10 nitrogen and oxygen atoms in total. The van der Waals surface area contributed by atoms with Gasteiger partial charge in [0.25, 0.3) is 17.1 Å². The highest BCUT2D eigenvalue weighted by Crippen LogP contribution is 2.26. The van der Waals surface area contributed by atoms with Gasteiger partial charge in [0.1, 0.15) is 18.4 Å². The van der Waals surface area contributed by atoms with Crippen LogP contribution in [0.1, 0.15) is 34.3 Å². The largest absolute Gasteiger partial charge is 0.489 e. The van der Waals surface area contributed by atoms with Crippen LogP contribution in [0.3, 0.4) is 0 Å². The number of amides is 3. The Morgan fingerprint density at radius 3 is 2.44 bits per heavy atom. The van der Waals surface area contributed by atoms with E-state index in [0.717, 1.165) is 11.8 Å². The zero-order valence-corrected chi connectivity index (χ0v) is 18.5. The first kappa shape index (κ1) is 24.5. The number of carbonyl (C=O) groups is 5. The van der Waals surface area contributed by atoms with Gasteiger partial charge in [-0.3, -0.25) is 24.5 Å². The summed E-state index contributed by atoms with van der Waals surface area (Å²) < 4.78 is 5.72. The van der Waals surface area contributed by atoms with E-state index in [9.17, 15) is 29.1 Å². The quantitative estimate of drug-likeness (QED) is 0.372. The molecule has 4 N–H and O–H groups in total. The molecule has 3 rings (SSSR count). The first-order chi connectivity index (χ1) is 16.2. The number of imide groups is 1. The summed E-state index contributed by atoms with van der Waals surface area (Å²) in [5.74, 6) is -2.99. The Kier molecular flexibility index (Phi) is 8.04. The van der Waals surface area contributed by atoms with E-state index in [0.29, 0.717) is 21.8 Å². The van der Waals surface area contributed by atoms with E-state index in [1.807, 2.05) is 0 Å². The van der Waals surface area contributed by atoms with Gasteiger partial charge in [-0.1, -0.05) is 24.3 Å². The van der Waals surface area contributed by atoms with E-state index in [2.05, 4.69) is 10.6 Å². The lowest BCUT2D eigenvalue weighted by Gasteiger charge is -2.14. The van der Waals surface area contributed by atoms with Gasteiger partial charge in [-0.05, 0) is 59.7 Å². The number of hydrogen-bond acceptors (Lipinski definition) is 7. The third-order valence-electron chi connectivity index (χ3n) is 4.66. The smallest absolute Gasteiger partial charge is 0.326 e. The molecule has 3 amide bonds. The van der Waals surface area contributed by atoms with Crippen LogP contribution in [-0.4, -0.2) is 45.2 Å². The molecule has 0 unspecified atom stereocenters. The zero-order valence-electron chi connectivity index (χ0n) is 17.6. The van der Waals surface area contributed by atoms with Crippen LogP contribution in [0.5, 0.6) is 5.75 Å². The Hall–Kier alpha value is -4.12. The second kappa shape index (κ2) is 11.1. The summed E-state index contributed by atoms with van der Waals surface area (Å²) in [7, 11) is 0. The minimum absolute atomic E-state index is 0.135. The van der Waals surface area contributed by atoms with Crippen LogP contribution in [0.25, 0.3) is 6.08 Å². The number of ether oxygens (including phenoxy) is 1. The van der Waals surface area contributed by atoms with Gasteiger partial charge in [0.2, 0.25) is 0 Å². The van der Waals surface area contributed by atoms with Crippen LogP contribution < -0.4 is 15.4 Å². The Balaban J connectivity index is 1.59. The van der Waals surface area contributed by atoms with Crippen molar-refractivity contribution in [2.75, 3.05) is 0 Å². The van der Waals surface area contributed by atoms with Crippen molar-refractivity contribution in [2.24, 2.45) is 0 Å². The summed E-state index contributed by atoms with van der Waals surface area (Å²) >= 11 is 0.832. The molecule has 0 aliphatic carbocycles. The number of carbonyl (C=O) groups excluding carboxylic acids is 3. The molecule has 1 fully saturated rings. The summed E-state index contributed by atoms with van der Waals surface area (Å²) in [6, 6.07) is 12.0. The van der Waals surface area contributed by atoms with Gasteiger partial charge in [-0.2, -0.15) is 0 Å². The fraction of sp³-hybridized carbons (Fsp3) is 0.174. The molecule has 0 radical (unpaired) electrons. The number of hydrogen-bond donors (Lipinski definition) is 4. The van der Waals surface area contributed by atoms with Gasteiger partial charge in [0.05, 0.1) is 4.91 Å². The highest BCUT2D eigenvalue weighted by atomic mass is 32.2. The predicted octanol–water partition coefficient (Wildman–Crippen LogP) is 2.64. The summed E-state index contributed by atoms with van der Waals surface area (Å²) in [5.41, 5.74) is 1.59. The molecule has 0 spiro atoms. The molecule has 2 aromatic carbocycles. The predicted molar refractivity (Wildman–Crippen MR) is 122 cm³/mol. The van der Waals surface area contributed by atoms with Crippen LogP contribution in [0.15, 0.2) is 53.4 Å². The Morgan fingerprint density at radius 1 is 1.09 bits per heavy atom. The maximum absolute atomic E-state index is 12.4. The number of aliphatic carboxylic acids is 2. The first-order valence-corrected chi connectivity index (χ1v) is 10.8. The van der Waals surface area contributed by atoms with Crippen molar-refractivity contribution >= 4 is 46.8 Å². The fourth-order valence-electron chi connectivity index (χ4n) is 2.97. The topological polar surface area (TPSA) is 159 Å². The van der Waals surface area contributed by atoms with E-state index in [-0.39, 0.29) is 25.0 Å². The number of benzene rings is 2. The monoisotopic (exact) mass is 484 g/mol. The summed E-state index contributed by atoms with van der Waals surface area (Å²) in [5, 5.41) is 22.0.